The van der Waals surface area contributed by atoms with Crippen LogP contribution < -0.4 is 0 Å². The predicted octanol–water partition coefficient (Wildman–Crippen LogP) is 1.17. The van der Waals surface area contributed by atoms with Crippen LogP contribution in [0.25, 0.3) is 0 Å². The number of ether oxygens (including phenoxy) is 3. The molecule has 1 unspecified atom stereocenters. The Morgan fingerprint density at radius 3 is 2.67 bits per heavy atom. The summed E-state index contributed by atoms with van der Waals surface area (Å²) in [4.78, 5) is 14.3. The topological polar surface area (TPSA) is 48.0 Å². The number of hydrogen-bond donors (Lipinski definition) is 0. The van der Waals surface area contributed by atoms with Gasteiger partial charge >= 0.3 is 0 Å². The van der Waals surface area contributed by atoms with Crippen LogP contribution in [0, 0.1) is 0 Å². The summed E-state index contributed by atoms with van der Waals surface area (Å²) in [6.45, 7) is 6.32. The second-order valence-corrected chi connectivity index (χ2v) is 5.23. The van der Waals surface area contributed by atoms with Gasteiger partial charge in [-0.3, -0.25) is 4.79 Å². The zero-order valence-electron chi connectivity index (χ0n) is 11.5. The van der Waals surface area contributed by atoms with Gasteiger partial charge in [0.05, 0.1) is 19.8 Å². The van der Waals surface area contributed by atoms with Crippen molar-refractivity contribution < 1.29 is 19.0 Å². The van der Waals surface area contributed by atoms with Crippen molar-refractivity contribution in [3.63, 3.8) is 0 Å². The minimum Gasteiger partial charge on any atom is -0.369 e. The number of nitrogens with zero attached hydrogens (tertiary/aromatic N) is 1. The number of rotatable bonds is 3. The van der Waals surface area contributed by atoms with Gasteiger partial charge < -0.3 is 19.1 Å². The molecule has 104 valence electrons. The zero-order valence-corrected chi connectivity index (χ0v) is 11.5. The highest BCUT2D eigenvalue weighted by Gasteiger charge is 2.45. The van der Waals surface area contributed by atoms with Gasteiger partial charge in [0.15, 0.2) is 5.79 Å². The minimum absolute atomic E-state index is 0.0330. The molecule has 0 N–H and O–H groups in total. The molecule has 18 heavy (non-hydrogen) atoms. The summed E-state index contributed by atoms with van der Waals surface area (Å²) >= 11 is 0. The highest BCUT2D eigenvalue weighted by molar-refractivity contribution is 5.85. The number of carbonyl (C=O) groups is 1. The lowest BCUT2D eigenvalue weighted by atomic mass is 9.97. The Balaban J connectivity index is 2.06. The van der Waals surface area contributed by atoms with E-state index in [1.165, 1.54) is 0 Å². The Labute approximate surface area is 108 Å². The van der Waals surface area contributed by atoms with E-state index >= 15 is 0 Å². The van der Waals surface area contributed by atoms with Crippen molar-refractivity contribution in [1.29, 1.82) is 0 Å². The van der Waals surface area contributed by atoms with Crippen molar-refractivity contribution in [3.05, 3.63) is 0 Å². The van der Waals surface area contributed by atoms with E-state index in [0.29, 0.717) is 26.2 Å². The van der Waals surface area contributed by atoms with E-state index in [9.17, 15) is 4.79 Å². The first kappa shape index (κ1) is 13.8. The fraction of sp³-hybridized carbons (Fsp3) is 0.923. The van der Waals surface area contributed by atoms with Gasteiger partial charge in [0.25, 0.3) is 5.91 Å². The summed E-state index contributed by atoms with van der Waals surface area (Å²) in [5.41, 5.74) is -0.739. The molecule has 2 aliphatic rings. The van der Waals surface area contributed by atoms with Gasteiger partial charge in [0.2, 0.25) is 0 Å². The third-order valence-corrected chi connectivity index (χ3v) is 4.10. The number of carbonyl (C=O) groups excluding carboxylic acids is 1. The van der Waals surface area contributed by atoms with Crippen molar-refractivity contribution in [2.24, 2.45) is 0 Å². The van der Waals surface area contributed by atoms with E-state index < -0.39 is 11.4 Å². The molecule has 0 aromatic heterocycles. The molecule has 1 amide bonds. The third-order valence-electron chi connectivity index (χ3n) is 4.10. The SMILES string of the molecule is CCC(C)(OC)C(=O)N1CCCC2(C1)OCCO2. The Morgan fingerprint density at radius 2 is 2.11 bits per heavy atom. The maximum atomic E-state index is 12.5. The average Bonchev–Trinajstić information content (AvgIpc) is 2.85. The fourth-order valence-corrected chi connectivity index (χ4v) is 2.61. The highest BCUT2D eigenvalue weighted by Crippen LogP contribution is 2.31. The van der Waals surface area contributed by atoms with Gasteiger partial charge in [0, 0.05) is 20.1 Å². The van der Waals surface area contributed by atoms with Crippen LogP contribution in [0.5, 0.6) is 0 Å². The zero-order chi connectivity index (χ0) is 13.2. The second kappa shape index (κ2) is 5.15. The summed E-state index contributed by atoms with van der Waals surface area (Å²) in [5.74, 6) is -0.526. The molecular weight excluding hydrogens is 234 g/mol. The summed E-state index contributed by atoms with van der Waals surface area (Å²) in [6, 6.07) is 0. The van der Waals surface area contributed by atoms with Crippen molar-refractivity contribution in [2.45, 2.75) is 44.5 Å². The van der Waals surface area contributed by atoms with Gasteiger partial charge in [-0.2, -0.15) is 0 Å². The molecule has 0 aromatic carbocycles. The second-order valence-electron chi connectivity index (χ2n) is 5.23. The van der Waals surface area contributed by atoms with Crippen molar-refractivity contribution in [1.82, 2.24) is 4.90 Å². The van der Waals surface area contributed by atoms with Gasteiger partial charge in [0.1, 0.15) is 5.60 Å². The maximum absolute atomic E-state index is 12.5. The average molecular weight is 257 g/mol. The Bertz CT molecular complexity index is 308. The van der Waals surface area contributed by atoms with Crippen LogP contribution >= 0.6 is 0 Å². The van der Waals surface area contributed by atoms with Gasteiger partial charge in [-0.25, -0.2) is 0 Å². The van der Waals surface area contributed by atoms with Gasteiger partial charge in [-0.1, -0.05) is 6.92 Å². The Morgan fingerprint density at radius 1 is 1.44 bits per heavy atom. The summed E-state index contributed by atoms with van der Waals surface area (Å²) in [6.07, 6.45) is 2.44. The maximum Gasteiger partial charge on any atom is 0.254 e. The molecule has 0 radical (unpaired) electrons. The lowest BCUT2D eigenvalue weighted by Gasteiger charge is -2.41. The molecule has 2 rings (SSSR count). The van der Waals surface area contributed by atoms with Crippen LogP contribution in [0.2, 0.25) is 0 Å². The van der Waals surface area contributed by atoms with Crippen LogP contribution in [0.1, 0.15) is 33.1 Å². The lowest BCUT2D eigenvalue weighted by Crippen LogP contribution is -2.56. The number of piperidine rings is 1. The van der Waals surface area contributed by atoms with Gasteiger partial charge in [-0.15, -0.1) is 0 Å². The molecule has 1 atom stereocenters. The monoisotopic (exact) mass is 257 g/mol. The van der Waals surface area contributed by atoms with Crippen LogP contribution in [0.4, 0.5) is 0 Å². The van der Waals surface area contributed by atoms with Crippen LogP contribution in [-0.2, 0) is 19.0 Å². The summed E-state index contributed by atoms with van der Waals surface area (Å²) in [7, 11) is 1.59. The van der Waals surface area contributed by atoms with E-state index in [4.69, 9.17) is 14.2 Å². The molecule has 0 bridgehead atoms. The fourth-order valence-electron chi connectivity index (χ4n) is 2.61. The molecule has 0 aliphatic carbocycles. The molecule has 5 nitrogen and oxygen atoms in total. The molecule has 2 fully saturated rings. The Hall–Kier alpha value is -0.650. The molecule has 1 spiro atoms. The predicted molar refractivity (Wildman–Crippen MR) is 66.2 cm³/mol. The summed E-state index contributed by atoms with van der Waals surface area (Å²) in [5, 5.41) is 0. The number of likely N-dealkylation sites (tertiary alicyclic amines) is 1. The van der Waals surface area contributed by atoms with Gasteiger partial charge in [-0.05, 0) is 19.8 Å². The van der Waals surface area contributed by atoms with E-state index in [1.807, 2.05) is 18.7 Å². The standard InChI is InChI=1S/C13H23NO4/c1-4-12(2,16-3)11(15)14-7-5-6-13(10-14)17-8-9-18-13/h4-10H2,1-3H3. The van der Waals surface area contributed by atoms with E-state index in [2.05, 4.69) is 0 Å². The quantitative estimate of drug-likeness (QED) is 0.761. The molecule has 2 saturated heterocycles. The first-order valence-corrected chi connectivity index (χ1v) is 6.68. The Kier molecular flexibility index (Phi) is 3.94. The van der Waals surface area contributed by atoms with Crippen LogP contribution in [0.3, 0.4) is 0 Å². The van der Waals surface area contributed by atoms with E-state index in [0.717, 1.165) is 19.4 Å². The minimum atomic E-state index is -0.739. The number of amides is 1. The first-order valence-electron chi connectivity index (χ1n) is 6.68. The normalized spacial score (nSPS) is 26.3. The molecule has 0 aromatic rings. The van der Waals surface area contributed by atoms with Crippen LogP contribution in [0.15, 0.2) is 0 Å². The molecular formula is C13H23NO4. The van der Waals surface area contributed by atoms with E-state index in [-0.39, 0.29) is 5.91 Å². The molecule has 5 heteroatoms. The van der Waals surface area contributed by atoms with Crippen molar-refractivity contribution in [2.75, 3.05) is 33.4 Å². The first-order chi connectivity index (χ1) is 8.55. The summed E-state index contributed by atoms with van der Waals surface area (Å²) < 4.78 is 16.7. The number of hydrogen-bond acceptors (Lipinski definition) is 4. The largest absolute Gasteiger partial charge is 0.369 e. The lowest BCUT2D eigenvalue weighted by molar-refractivity contribution is -0.200. The van der Waals surface area contributed by atoms with Crippen LogP contribution in [-0.4, -0.2) is 55.6 Å². The van der Waals surface area contributed by atoms with E-state index in [1.54, 1.807) is 7.11 Å². The van der Waals surface area contributed by atoms with Crippen molar-refractivity contribution >= 4 is 5.91 Å². The van der Waals surface area contributed by atoms with Crippen molar-refractivity contribution in [3.8, 4) is 0 Å². The number of methoxy groups -OCH3 is 1. The molecule has 2 heterocycles. The molecule has 0 saturated carbocycles. The third kappa shape index (κ3) is 2.39. The highest BCUT2D eigenvalue weighted by atomic mass is 16.7. The molecule has 2 aliphatic heterocycles. The smallest absolute Gasteiger partial charge is 0.254 e.